The van der Waals surface area contributed by atoms with Crippen molar-refractivity contribution in [1.82, 2.24) is 9.97 Å². The summed E-state index contributed by atoms with van der Waals surface area (Å²) >= 11 is 0. The maximum absolute atomic E-state index is 11.9. The average Bonchev–Trinajstić information content (AvgIpc) is 2.77. The van der Waals surface area contributed by atoms with Gasteiger partial charge in [-0.2, -0.15) is 0 Å². The van der Waals surface area contributed by atoms with Gasteiger partial charge >= 0.3 is 5.97 Å². The normalized spacial score (nSPS) is 10.9. The Bertz CT molecular complexity index is 711. The van der Waals surface area contributed by atoms with E-state index in [1.54, 1.807) is 12.4 Å². The number of benzene rings is 1. The van der Waals surface area contributed by atoms with Gasteiger partial charge in [0.05, 0.1) is 12.4 Å². The maximum Gasteiger partial charge on any atom is 0.311 e. The molecular formula is C26H38N2O2. The second kappa shape index (κ2) is 14.7. The molecule has 4 nitrogen and oxygen atoms in total. The van der Waals surface area contributed by atoms with Gasteiger partial charge in [-0.3, -0.25) is 4.79 Å². The highest BCUT2D eigenvalue weighted by atomic mass is 16.5. The molecule has 0 unspecified atom stereocenters. The van der Waals surface area contributed by atoms with Crippen molar-refractivity contribution in [3.05, 3.63) is 42.2 Å². The number of aromatic nitrogens is 2. The van der Waals surface area contributed by atoms with Gasteiger partial charge in [-0.15, -0.1) is 0 Å². The van der Waals surface area contributed by atoms with E-state index in [0.717, 1.165) is 37.7 Å². The van der Waals surface area contributed by atoms with Crippen LogP contribution in [0.1, 0.15) is 96.5 Å². The molecule has 0 amide bonds. The van der Waals surface area contributed by atoms with Crippen LogP contribution < -0.4 is 4.74 Å². The lowest BCUT2D eigenvalue weighted by Crippen LogP contribution is -2.08. The third-order valence-electron chi connectivity index (χ3n) is 5.38. The third-order valence-corrected chi connectivity index (χ3v) is 5.38. The van der Waals surface area contributed by atoms with E-state index < -0.39 is 0 Å². The van der Waals surface area contributed by atoms with Crippen LogP contribution in [-0.2, 0) is 11.2 Å². The lowest BCUT2D eigenvalue weighted by molar-refractivity contribution is -0.134. The van der Waals surface area contributed by atoms with E-state index in [9.17, 15) is 4.79 Å². The molecule has 1 aromatic heterocycles. The van der Waals surface area contributed by atoms with Crippen LogP contribution in [-0.4, -0.2) is 15.9 Å². The fraction of sp³-hybridized carbons (Fsp3) is 0.577. The van der Waals surface area contributed by atoms with Crippen LogP contribution in [0.4, 0.5) is 0 Å². The molecule has 1 heterocycles. The molecule has 164 valence electrons. The molecule has 0 saturated carbocycles. The smallest absolute Gasteiger partial charge is 0.311 e. The summed E-state index contributed by atoms with van der Waals surface area (Å²) in [6, 6.07) is 8.48. The summed E-state index contributed by atoms with van der Waals surface area (Å²) in [4.78, 5) is 20.6. The number of carbonyl (C=O) groups is 1. The van der Waals surface area contributed by atoms with E-state index in [-0.39, 0.29) is 5.97 Å². The van der Waals surface area contributed by atoms with Gasteiger partial charge in [0.1, 0.15) is 0 Å². The summed E-state index contributed by atoms with van der Waals surface area (Å²) in [7, 11) is 0. The zero-order valence-corrected chi connectivity index (χ0v) is 18.9. The lowest BCUT2D eigenvalue weighted by atomic mass is 10.0. The summed E-state index contributed by atoms with van der Waals surface area (Å²) < 4.78 is 5.33. The highest BCUT2D eigenvalue weighted by molar-refractivity contribution is 5.72. The molecule has 30 heavy (non-hydrogen) atoms. The molecular weight excluding hydrogens is 372 g/mol. The van der Waals surface area contributed by atoms with E-state index in [2.05, 4.69) is 48.1 Å². The molecule has 1 aromatic carbocycles. The minimum absolute atomic E-state index is 0.211. The molecule has 0 fully saturated rings. The number of ether oxygens (including phenoxy) is 1. The van der Waals surface area contributed by atoms with E-state index >= 15 is 0 Å². The Labute approximate surface area is 182 Å². The maximum atomic E-state index is 11.9. The van der Waals surface area contributed by atoms with Crippen molar-refractivity contribution < 1.29 is 9.53 Å². The van der Waals surface area contributed by atoms with Crippen LogP contribution in [0.3, 0.4) is 0 Å². The first-order valence-corrected chi connectivity index (χ1v) is 11.8. The fourth-order valence-corrected chi connectivity index (χ4v) is 3.50. The molecule has 0 aliphatic carbocycles. The molecule has 0 saturated heterocycles. The first-order chi connectivity index (χ1) is 14.7. The van der Waals surface area contributed by atoms with Crippen LogP contribution in [0, 0.1) is 0 Å². The van der Waals surface area contributed by atoms with E-state index in [1.165, 1.54) is 50.5 Å². The number of hydrogen-bond acceptors (Lipinski definition) is 4. The van der Waals surface area contributed by atoms with Gasteiger partial charge in [-0.05, 0) is 24.8 Å². The number of rotatable bonds is 15. The molecule has 4 heteroatoms. The lowest BCUT2D eigenvalue weighted by Gasteiger charge is -2.06. The van der Waals surface area contributed by atoms with Gasteiger partial charge in [0.25, 0.3) is 0 Å². The number of aryl methyl sites for hydroxylation is 1. The molecule has 2 rings (SSSR count). The summed E-state index contributed by atoms with van der Waals surface area (Å²) in [5.74, 6) is 0.854. The monoisotopic (exact) mass is 410 g/mol. The SMILES string of the molecule is CCCCCCCCCc1ccc(-c2ncc(OC(=O)CCCCCC)cn2)cc1. The zero-order valence-electron chi connectivity index (χ0n) is 18.9. The predicted octanol–water partition coefficient (Wildman–Crippen LogP) is 7.31. The van der Waals surface area contributed by atoms with Gasteiger partial charge in [-0.25, -0.2) is 9.97 Å². The van der Waals surface area contributed by atoms with Gasteiger partial charge < -0.3 is 4.74 Å². The molecule has 0 aliphatic rings. The van der Waals surface area contributed by atoms with Crippen LogP contribution in [0.2, 0.25) is 0 Å². The standard InChI is InChI=1S/C26H38N2O2/c1-3-5-7-9-10-11-12-14-22-16-18-23(19-17-22)26-27-20-24(21-28-26)30-25(29)15-13-8-6-4-2/h16-21H,3-15H2,1-2H3. The Morgan fingerprint density at radius 3 is 1.97 bits per heavy atom. The Hall–Kier alpha value is -2.23. The second-order valence-corrected chi connectivity index (χ2v) is 8.10. The van der Waals surface area contributed by atoms with E-state index in [0.29, 0.717) is 18.0 Å². The third kappa shape index (κ3) is 9.51. The van der Waals surface area contributed by atoms with Crippen molar-refractivity contribution in [2.24, 2.45) is 0 Å². The summed E-state index contributed by atoms with van der Waals surface area (Å²) in [5.41, 5.74) is 2.34. The predicted molar refractivity (Wildman–Crippen MR) is 124 cm³/mol. The van der Waals surface area contributed by atoms with Crippen molar-refractivity contribution in [3.8, 4) is 17.1 Å². The van der Waals surface area contributed by atoms with Crippen LogP contribution in [0.5, 0.6) is 5.75 Å². The van der Waals surface area contributed by atoms with Crippen LogP contribution in [0.15, 0.2) is 36.7 Å². The van der Waals surface area contributed by atoms with Gasteiger partial charge in [0.2, 0.25) is 0 Å². The molecule has 0 atom stereocenters. The number of carbonyl (C=O) groups excluding carboxylic acids is 1. The van der Waals surface area contributed by atoms with Crippen molar-refractivity contribution in [2.45, 2.75) is 97.3 Å². The topological polar surface area (TPSA) is 52.1 Å². The largest absolute Gasteiger partial charge is 0.423 e. The quantitative estimate of drug-likeness (QED) is 0.228. The highest BCUT2D eigenvalue weighted by Crippen LogP contribution is 2.19. The van der Waals surface area contributed by atoms with Crippen molar-refractivity contribution in [3.63, 3.8) is 0 Å². The first kappa shape index (κ1) is 24.0. The molecule has 0 spiro atoms. The molecule has 0 bridgehead atoms. The fourth-order valence-electron chi connectivity index (χ4n) is 3.50. The van der Waals surface area contributed by atoms with Crippen molar-refractivity contribution in [2.75, 3.05) is 0 Å². The van der Waals surface area contributed by atoms with Gasteiger partial charge in [0, 0.05) is 12.0 Å². The molecule has 0 aliphatic heterocycles. The number of unbranched alkanes of at least 4 members (excludes halogenated alkanes) is 9. The number of esters is 1. The van der Waals surface area contributed by atoms with Gasteiger partial charge in [-0.1, -0.05) is 95.9 Å². The van der Waals surface area contributed by atoms with Gasteiger partial charge in [0.15, 0.2) is 11.6 Å². The van der Waals surface area contributed by atoms with E-state index in [4.69, 9.17) is 4.74 Å². The van der Waals surface area contributed by atoms with Crippen LogP contribution >= 0.6 is 0 Å². The molecule has 0 N–H and O–H groups in total. The van der Waals surface area contributed by atoms with Crippen molar-refractivity contribution >= 4 is 5.97 Å². The first-order valence-electron chi connectivity index (χ1n) is 11.8. The minimum atomic E-state index is -0.211. The minimum Gasteiger partial charge on any atom is -0.423 e. The number of hydrogen-bond donors (Lipinski definition) is 0. The Morgan fingerprint density at radius 1 is 0.767 bits per heavy atom. The Morgan fingerprint density at radius 2 is 1.33 bits per heavy atom. The van der Waals surface area contributed by atoms with Crippen molar-refractivity contribution in [1.29, 1.82) is 0 Å². The Kier molecular flexibility index (Phi) is 11.8. The highest BCUT2D eigenvalue weighted by Gasteiger charge is 2.07. The summed E-state index contributed by atoms with van der Waals surface area (Å²) in [6.45, 7) is 4.41. The number of nitrogens with zero attached hydrogens (tertiary/aromatic N) is 2. The van der Waals surface area contributed by atoms with E-state index in [1.807, 2.05) is 0 Å². The second-order valence-electron chi connectivity index (χ2n) is 8.10. The van der Waals surface area contributed by atoms with Crippen LogP contribution in [0.25, 0.3) is 11.4 Å². The molecule has 2 aromatic rings. The average molecular weight is 411 g/mol. The Balaban J connectivity index is 1.73. The summed E-state index contributed by atoms with van der Waals surface area (Å²) in [5, 5.41) is 0. The molecule has 0 radical (unpaired) electrons. The zero-order chi connectivity index (χ0) is 21.4. The summed E-state index contributed by atoms with van der Waals surface area (Å²) in [6.07, 6.45) is 18.3.